The summed E-state index contributed by atoms with van der Waals surface area (Å²) in [7, 11) is 0. The number of rotatable bonds is 5. The van der Waals surface area contributed by atoms with Crippen LogP contribution in [0.3, 0.4) is 0 Å². The quantitative estimate of drug-likeness (QED) is 0.474. The van der Waals surface area contributed by atoms with Crippen molar-refractivity contribution in [3.63, 3.8) is 0 Å². The highest BCUT2D eigenvalue weighted by atomic mass is 32.2. The third-order valence-electron chi connectivity index (χ3n) is 4.82. The average Bonchev–Trinajstić information content (AvgIpc) is 3.24. The van der Waals surface area contributed by atoms with E-state index in [-0.39, 0.29) is 0 Å². The highest BCUT2D eigenvalue weighted by Gasteiger charge is 2.20. The zero-order valence-corrected chi connectivity index (χ0v) is 17.8. The van der Waals surface area contributed by atoms with Crippen LogP contribution in [0.1, 0.15) is 55.3 Å². The lowest BCUT2D eigenvalue weighted by Gasteiger charge is -2.19. The van der Waals surface area contributed by atoms with Crippen LogP contribution < -0.4 is 4.72 Å². The molecule has 1 aromatic carbocycles. The Kier molecular flexibility index (Phi) is 5.55. The number of ether oxygens (including phenoxy) is 1. The first-order valence-corrected chi connectivity index (χ1v) is 11.6. The van der Waals surface area contributed by atoms with E-state index in [4.69, 9.17) is 9.72 Å². The van der Waals surface area contributed by atoms with Crippen LogP contribution in [0.5, 0.6) is 0 Å². The Bertz CT molecular complexity index is 894. The molecule has 0 spiro atoms. The van der Waals surface area contributed by atoms with E-state index >= 15 is 0 Å². The van der Waals surface area contributed by atoms with Gasteiger partial charge in [0.25, 0.3) is 0 Å². The Morgan fingerprint density at radius 2 is 2.08 bits per heavy atom. The topological polar surface area (TPSA) is 34.2 Å². The van der Waals surface area contributed by atoms with Crippen molar-refractivity contribution in [2.45, 2.75) is 49.7 Å². The molecule has 3 heterocycles. The zero-order chi connectivity index (χ0) is 18.1. The summed E-state index contributed by atoms with van der Waals surface area (Å²) in [6.07, 6.45) is 2.17. The van der Waals surface area contributed by atoms with Crippen LogP contribution in [0.15, 0.2) is 27.8 Å². The van der Waals surface area contributed by atoms with E-state index in [1.807, 2.05) is 11.3 Å². The minimum atomic E-state index is 0.504. The summed E-state index contributed by atoms with van der Waals surface area (Å²) in [4.78, 5) is 4.83. The van der Waals surface area contributed by atoms with Crippen LogP contribution in [0.25, 0.3) is 10.1 Å². The predicted octanol–water partition coefficient (Wildman–Crippen LogP) is 6.80. The second-order valence-electron chi connectivity index (χ2n) is 7.13. The molecule has 1 saturated heterocycles. The molecule has 0 aliphatic carbocycles. The molecule has 0 amide bonds. The molecule has 4 rings (SSSR count). The van der Waals surface area contributed by atoms with Crippen molar-refractivity contribution in [3.05, 3.63) is 40.4 Å². The molecule has 3 nitrogen and oxygen atoms in total. The largest absolute Gasteiger partial charge is 0.381 e. The van der Waals surface area contributed by atoms with Gasteiger partial charge in [0.1, 0.15) is 0 Å². The number of fused-ring (bicyclic) bond motifs is 1. The van der Waals surface area contributed by atoms with E-state index in [0.29, 0.717) is 11.8 Å². The molecule has 2 aromatic heterocycles. The summed E-state index contributed by atoms with van der Waals surface area (Å²) < 4.78 is 11.7. The van der Waals surface area contributed by atoms with E-state index in [0.717, 1.165) is 31.2 Å². The predicted molar refractivity (Wildman–Crippen MR) is 115 cm³/mol. The Balaban J connectivity index is 1.53. The van der Waals surface area contributed by atoms with Gasteiger partial charge in [0.05, 0.1) is 9.90 Å². The van der Waals surface area contributed by atoms with Crippen molar-refractivity contribution in [2.75, 3.05) is 17.9 Å². The summed E-state index contributed by atoms with van der Waals surface area (Å²) in [6, 6.07) is 6.77. The lowest BCUT2D eigenvalue weighted by Crippen LogP contribution is -2.14. The van der Waals surface area contributed by atoms with Gasteiger partial charge in [-0.15, -0.1) is 22.7 Å². The molecular weight excluding hydrogens is 380 g/mol. The molecule has 6 heteroatoms. The van der Waals surface area contributed by atoms with Crippen molar-refractivity contribution in [3.8, 4) is 0 Å². The molecule has 0 bridgehead atoms. The Labute approximate surface area is 167 Å². The Hall–Kier alpha value is -1.08. The van der Waals surface area contributed by atoms with Gasteiger partial charge in [-0.3, -0.25) is 0 Å². The minimum absolute atomic E-state index is 0.504. The lowest BCUT2D eigenvalue weighted by atomic mass is 9.98. The summed E-state index contributed by atoms with van der Waals surface area (Å²) in [5.41, 5.74) is 3.99. The first-order valence-electron chi connectivity index (χ1n) is 9.11. The Morgan fingerprint density at radius 1 is 1.27 bits per heavy atom. The van der Waals surface area contributed by atoms with Crippen LogP contribution in [0, 0.1) is 6.92 Å². The SMILES string of the molecule is Cc1ccc2sc(SNc3nc(C4CCOCC4)cs3)c(C(C)C)c2c1. The molecular formula is C20H24N2OS3. The lowest BCUT2D eigenvalue weighted by molar-refractivity contribution is 0.0846. The second kappa shape index (κ2) is 7.89. The maximum absolute atomic E-state index is 5.46. The zero-order valence-electron chi connectivity index (χ0n) is 15.4. The third-order valence-corrected chi connectivity index (χ3v) is 7.90. The fourth-order valence-corrected chi connectivity index (χ4v) is 6.70. The van der Waals surface area contributed by atoms with Crippen LogP contribution in [-0.2, 0) is 4.74 Å². The van der Waals surface area contributed by atoms with E-state index in [2.05, 4.69) is 49.1 Å². The normalized spacial score (nSPS) is 15.8. The van der Waals surface area contributed by atoms with Gasteiger partial charge in [-0.05, 0) is 54.6 Å². The molecule has 1 N–H and O–H groups in total. The minimum Gasteiger partial charge on any atom is -0.381 e. The summed E-state index contributed by atoms with van der Waals surface area (Å²) in [5, 5.41) is 4.60. The molecule has 138 valence electrons. The summed E-state index contributed by atoms with van der Waals surface area (Å²) in [6.45, 7) is 8.44. The van der Waals surface area contributed by atoms with Crippen LogP contribution in [-0.4, -0.2) is 18.2 Å². The molecule has 1 aliphatic rings. The van der Waals surface area contributed by atoms with Gasteiger partial charge in [0.2, 0.25) is 0 Å². The fourth-order valence-electron chi connectivity index (χ4n) is 3.43. The number of hydrogen-bond acceptors (Lipinski definition) is 6. The van der Waals surface area contributed by atoms with Crippen LogP contribution in [0.4, 0.5) is 5.13 Å². The highest BCUT2D eigenvalue weighted by molar-refractivity contribution is 8.02. The van der Waals surface area contributed by atoms with E-state index in [9.17, 15) is 0 Å². The molecule has 0 radical (unpaired) electrons. The van der Waals surface area contributed by atoms with Gasteiger partial charge in [-0.1, -0.05) is 31.5 Å². The first kappa shape index (κ1) is 18.3. The van der Waals surface area contributed by atoms with Crippen molar-refractivity contribution in [1.82, 2.24) is 4.98 Å². The monoisotopic (exact) mass is 404 g/mol. The van der Waals surface area contributed by atoms with Gasteiger partial charge in [0.15, 0.2) is 5.13 Å². The Morgan fingerprint density at radius 3 is 2.85 bits per heavy atom. The first-order chi connectivity index (χ1) is 12.6. The van der Waals surface area contributed by atoms with E-state index in [1.54, 1.807) is 23.3 Å². The second-order valence-corrected chi connectivity index (χ2v) is 10.1. The molecule has 0 atom stereocenters. The van der Waals surface area contributed by atoms with E-state index in [1.165, 1.54) is 31.1 Å². The van der Waals surface area contributed by atoms with Gasteiger partial charge in [-0.25, -0.2) is 4.98 Å². The van der Waals surface area contributed by atoms with Crippen molar-refractivity contribution < 1.29 is 4.74 Å². The van der Waals surface area contributed by atoms with Crippen molar-refractivity contribution >= 4 is 49.8 Å². The summed E-state index contributed by atoms with van der Waals surface area (Å²) >= 11 is 5.29. The van der Waals surface area contributed by atoms with Crippen molar-refractivity contribution in [1.29, 1.82) is 0 Å². The molecule has 26 heavy (non-hydrogen) atoms. The molecule has 1 aliphatic heterocycles. The number of aromatic nitrogens is 1. The van der Waals surface area contributed by atoms with Gasteiger partial charge in [-0.2, -0.15) is 0 Å². The molecule has 0 unspecified atom stereocenters. The van der Waals surface area contributed by atoms with Crippen molar-refractivity contribution in [2.24, 2.45) is 0 Å². The molecule has 1 fully saturated rings. The third kappa shape index (κ3) is 3.79. The molecule has 3 aromatic rings. The number of hydrogen-bond donors (Lipinski definition) is 1. The van der Waals surface area contributed by atoms with Crippen LogP contribution in [0.2, 0.25) is 0 Å². The molecule has 0 saturated carbocycles. The number of nitrogens with zero attached hydrogens (tertiary/aromatic N) is 1. The standard InChI is InChI=1S/C20H24N2OS3/c1-12(2)18-15-10-13(3)4-5-17(15)25-19(18)26-22-20-21-16(11-24-20)14-6-8-23-9-7-14/h4-5,10-12,14H,6-9H2,1-3H3,(H,21,22). The van der Waals surface area contributed by atoms with Gasteiger partial charge >= 0.3 is 0 Å². The number of benzene rings is 1. The maximum Gasteiger partial charge on any atom is 0.193 e. The number of aryl methyl sites for hydroxylation is 1. The number of nitrogens with one attached hydrogen (secondary N) is 1. The van der Waals surface area contributed by atoms with E-state index < -0.39 is 0 Å². The summed E-state index contributed by atoms with van der Waals surface area (Å²) in [5.74, 6) is 1.06. The number of anilines is 1. The fraction of sp³-hybridized carbons (Fsp3) is 0.450. The number of thiazole rings is 1. The van der Waals surface area contributed by atoms with Gasteiger partial charge < -0.3 is 9.46 Å². The maximum atomic E-state index is 5.46. The smallest absolute Gasteiger partial charge is 0.193 e. The van der Waals surface area contributed by atoms with Crippen LogP contribution >= 0.6 is 34.6 Å². The average molecular weight is 405 g/mol. The highest BCUT2D eigenvalue weighted by Crippen LogP contribution is 2.42. The van der Waals surface area contributed by atoms with Gasteiger partial charge in [0, 0.05) is 29.2 Å². The number of thiophene rings is 1.